The van der Waals surface area contributed by atoms with Crippen LogP contribution < -0.4 is 0 Å². The molecule has 0 bridgehead atoms. The molecule has 128 valence electrons. The van der Waals surface area contributed by atoms with Gasteiger partial charge in [0, 0.05) is 51.4 Å². The predicted octanol–water partition coefficient (Wildman–Crippen LogP) is 1.03. The molecule has 1 N–H and O–H groups in total. The quantitative estimate of drug-likeness (QED) is 0.900. The van der Waals surface area contributed by atoms with Crippen LogP contribution in [0.4, 0.5) is 0 Å². The highest BCUT2D eigenvalue weighted by Gasteiger charge is 2.28. The van der Waals surface area contributed by atoms with Crippen molar-refractivity contribution in [2.45, 2.75) is 57.7 Å². The normalized spacial score (nSPS) is 21.7. The molecule has 2 aliphatic heterocycles. The van der Waals surface area contributed by atoms with Crippen LogP contribution in [0.25, 0.3) is 0 Å². The van der Waals surface area contributed by atoms with Crippen LogP contribution in [0.1, 0.15) is 37.7 Å². The van der Waals surface area contributed by atoms with Crippen LogP contribution >= 0.6 is 0 Å². The largest absolute Gasteiger partial charge is 0.393 e. The van der Waals surface area contributed by atoms with Crippen molar-refractivity contribution in [1.82, 2.24) is 19.6 Å². The Hall–Kier alpha value is -1.40. The van der Waals surface area contributed by atoms with Gasteiger partial charge in [-0.3, -0.25) is 9.48 Å². The van der Waals surface area contributed by atoms with Crippen molar-refractivity contribution in [3.8, 4) is 0 Å². The van der Waals surface area contributed by atoms with E-state index in [4.69, 9.17) is 0 Å². The van der Waals surface area contributed by atoms with Gasteiger partial charge in [0.25, 0.3) is 0 Å². The van der Waals surface area contributed by atoms with Gasteiger partial charge < -0.3 is 14.9 Å². The molecule has 0 atom stereocenters. The van der Waals surface area contributed by atoms with Crippen molar-refractivity contribution in [1.29, 1.82) is 0 Å². The Balaban J connectivity index is 1.40. The highest BCUT2D eigenvalue weighted by atomic mass is 16.3. The lowest BCUT2D eigenvalue weighted by atomic mass is 9.99. The summed E-state index contributed by atoms with van der Waals surface area (Å²) in [5.74, 6) is 0.241. The first kappa shape index (κ1) is 16.5. The van der Waals surface area contributed by atoms with E-state index in [0.29, 0.717) is 19.0 Å². The fraction of sp³-hybridized carbons (Fsp3) is 0.765. The van der Waals surface area contributed by atoms with Gasteiger partial charge >= 0.3 is 0 Å². The monoisotopic (exact) mass is 320 g/mol. The Morgan fingerprint density at radius 2 is 1.91 bits per heavy atom. The van der Waals surface area contributed by atoms with Crippen molar-refractivity contribution in [2.24, 2.45) is 0 Å². The topological polar surface area (TPSA) is 61.6 Å². The molecule has 0 radical (unpaired) electrons. The number of hydrogen-bond donors (Lipinski definition) is 1. The van der Waals surface area contributed by atoms with Crippen LogP contribution in [-0.4, -0.2) is 68.9 Å². The Kier molecular flexibility index (Phi) is 5.33. The molecule has 2 aliphatic rings. The summed E-state index contributed by atoms with van der Waals surface area (Å²) in [4.78, 5) is 16.8. The van der Waals surface area contributed by atoms with E-state index < -0.39 is 0 Å². The van der Waals surface area contributed by atoms with Gasteiger partial charge in [0.05, 0.1) is 12.3 Å². The molecule has 3 heterocycles. The summed E-state index contributed by atoms with van der Waals surface area (Å²) in [7, 11) is 0. The molecule has 2 saturated heterocycles. The number of aryl methyl sites for hydroxylation is 2. The molecule has 1 amide bonds. The molecule has 1 aromatic heterocycles. The average molecular weight is 320 g/mol. The van der Waals surface area contributed by atoms with Crippen LogP contribution in [0, 0.1) is 6.92 Å². The molecule has 1 aromatic rings. The lowest BCUT2D eigenvalue weighted by Crippen LogP contribution is -2.49. The highest BCUT2D eigenvalue weighted by molar-refractivity contribution is 5.76. The number of nitrogens with zero attached hydrogens (tertiary/aromatic N) is 4. The third-order valence-electron chi connectivity index (χ3n) is 5.15. The fourth-order valence-electron chi connectivity index (χ4n) is 3.69. The van der Waals surface area contributed by atoms with Crippen LogP contribution in [0.3, 0.4) is 0 Å². The van der Waals surface area contributed by atoms with Crippen LogP contribution in [-0.2, 0) is 11.3 Å². The highest BCUT2D eigenvalue weighted by Crippen LogP contribution is 2.21. The summed E-state index contributed by atoms with van der Waals surface area (Å²) in [5, 5.41) is 13.8. The summed E-state index contributed by atoms with van der Waals surface area (Å²) in [6.07, 6.45) is 8.12. The molecule has 0 spiro atoms. The Labute approximate surface area is 138 Å². The number of aliphatic hydroxyl groups is 1. The molecule has 2 fully saturated rings. The van der Waals surface area contributed by atoms with E-state index in [1.807, 2.05) is 28.9 Å². The number of carbonyl (C=O) groups is 1. The number of carbonyl (C=O) groups excluding carboxylic acids is 1. The standard InChI is InChI=1S/C17H28N4O2/c1-14-12-18-21(13-14)11-6-17(23)20-7-2-15(3-8-20)19-9-4-16(22)5-10-19/h12-13,15-16,22H,2-11H2,1H3. The van der Waals surface area contributed by atoms with Gasteiger partial charge in [-0.05, 0) is 38.2 Å². The van der Waals surface area contributed by atoms with Crippen LogP contribution in [0.5, 0.6) is 0 Å². The van der Waals surface area contributed by atoms with Gasteiger partial charge in [0.15, 0.2) is 0 Å². The van der Waals surface area contributed by atoms with Crippen LogP contribution in [0.2, 0.25) is 0 Å². The molecule has 3 rings (SSSR count). The van der Waals surface area contributed by atoms with Gasteiger partial charge in [0.1, 0.15) is 0 Å². The third kappa shape index (κ3) is 4.32. The van der Waals surface area contributed by atoms with Crippen molar-refractivity contribution >= 4 is 5.91 Å². The SMILES string of the molecule is Cc1cnn(CCC(=O)N2CCC(N3CCC(O)CC3)CC2)c1. The summed E-state index contributed by atoms with van der Waals surface area (Å²) >= 11 is 0. The van der Waals surface area contributed by atoms with Crippen molar-refractivity contribution in [3.63, 3.8) is 0 Å². The van der Waals surface area contributed by atoms with Gasteiger partial charge in [-0.25, -0.2) is 0 Å². The maximum absolute atomic E-state index is 12.3. The zero-order valence-corrected chi connectivity index (χ0v) is 14.0. The first-order chi connectivity index (χ1) is 11.1. The minimum Gasteiger partial charge on any atom is -0.393 e. The molecular formula is C17H28N4O2. The number of hydrogen-bond acceptors (Lipinski definition) is 4. The van der Waals surface area contributed by atoms with Crippen molar-refractivity contribution in [2.75, 3.05) is 26.2 Å². The number of likely N-dealkylation sites (tertiary alicyclic amines) is 2. The number of aromatic nitrogens is 2. The van der Waals surface area contributed by atoms with E-state index in [9.17, 15) is 9.90 Å². The van der Waals surface area contributed by atoms with Crippen molar-refractivity contribution in [3.05, 3.63) is 18.0 Å². The lowest BCUT2D eigenvalue weighted by molar-refractivity contribution is -0.133. The first-order valence-corrected chi connectivity index (χ1v) is 8.81. The van der Waals surface area contributed by atoms with E-state index in [0.717, 1.165) is 57.4 Å². The van der Waals surface area contributed by atoms with E-state index in [-0.39, 0.29) is 12.0 Å². The third-order valence-corrected chi connectivity index (χ3v) is 5.15. The van der Waals surface area contributed by atoms with E-state index in [1.54, 1.807) is 0 Å². The summed E-state index contributed by atoms with van der Waals surface area (Å²) < 4.78 is 1.85. The Morgan fingerprint density at radius 1 is 1.22 bits per heavy atom. The maximum atomic E-state index is 12.3. The molecule has 0 unspecified atom stereocenters. The molecule has 0 saturated carbocycles. The van der Waals surface area contributed by atoms with Crippen molar-refractivity contribution < 1.29 is 9.90 Å². The second-order valence-electron chi connectivity index (χ2n) is 6.91. The molecule has 23 heavy (non-hydrogen) atoms. The number of amides is 1. The van der Waals surface area contributed by atoms with Gasteiger partial charge in [-0.15, -0.1) is 0 Å². The second kappa shape index (κ2) is 7.45. The summed E-state index contributed by atoms with van der Waals surface area (Å²) in [6.45, 7) is 6.39. The second-order valence-corrected chi connectivity index (χ2v) is 6.91. The number of aliphatic hydroxyl groups excluding tert-OH is 1. The summed E-state index contributed by atoms with van der Waals surface area (Å²) in [6, 6.07) is 0.584. The van der Waals surface area contributed by atoms with E-state index in [1.165, 1.54) is 0 Å². The Morgan fingerprint density at radius 3 is 2.52 bits per heavy atom. The zero-order chi connectivity index (χ0) is 16.2. The molecule has 6 nitrogen and oxygen atoms in total. The maximum Gasteiger partial charge on any atom is 0.224 e. The van der Waals surface area contributed by atoms with Gasteiger partial charge in [0.2, 0.25) is 5.91 Å². The lowest BCUT2D eigenvalue weighted by Gasteiger charge is -2.41. The summed E-state index contributed by atoms with van der Waals surface area (Å²) in [5.41, 5.74) is 1.13. The molecule has 0 aliphatic carbocycles. The number of piperidine rings is 2. The average Bonchev–Trinajstić information content (AvgIpc) is 2.99. The zero-order valence-electron chi connectivity index (χ0n) is 14.0. The van der Waals surface area contributed by atoms with E-state index >= 15 is 0 Å². The van der Waals surface area contributed by atoms with E-state index in [2.05, 4.69) is 10.00 Å². The smallest absolute Gasteiger partial charge is 0.224 e. The molecular weight excluding hydrogens is 292 g/mol. The van der Waals surface area contributed by atoms with Gasteiger partial charge in [-0.1, -0.05) is 0 Å². The number of rotatable bonds is 4. The fourth-order valence-corrected chi connectivity index (χ4v) is 3.69. The molecule has 6 heteroatoms. The first-order valence-electron chi connectivity index (χ1n) is 8.81. The minimum atomic E-state index is -0.112. The predicted molar refractivity (Wildman–Crippen MR) is 88.0 cm³/mol. The molecule has 0 aromatic carbocycles. The minimum absolute atomic E-state index is 0.112. The van der Waals surface area contributed by atoms with Gasteiger partial charge in [-0.2, -0.15) is 5.10 Å². The van der Waals surface area contributed by atoms with Crippen LogP contribution in [0.15, 0.2) is 12.4 Å². The Bertz CT molecular complexity index is 514.